The number of ether oxygens (including phenoxy) is 1. The molecule has 0 saturated carbocycles. The monoisotopic (exact) mass is 376 g/mol. The highest BCUT2D eigenvalue weighted by Crippen LogP contribution is 2.36. The molecule has 2 aromatic carbocycles. The van der Waals surface area contributed by atoms with E-state index in [1.807, 2.05) is 29.2 Å². The van der Waals surface area contributed by atoms with Crippen LogP contribution in [0.2, 0.25) is 0 Å². The van der Waals surface area contributed by atoms with E-state index in [2.05, 4.69) is 0 Å². The highest BCUT2D eigenvalue weighted by molar-refractivity contribution is 5.98. The van der Waals surface area contributed by atoms with Gasteiger partial charge in [0.25, 0.3) is 0 Å². The summed E-state index contributed by atoms with van der Waals surface area (Å²) in [5.41, 5.74) is 0.795. The van der Waals surface area contributed by atoms with E-state index in [1.54, 1.807) is 11.9 Å². The van der Waals surface area contributed by atoms with Crippen molar-refractivity contribution in [3.8, 4) is 5.75 Å². The van der Waals surface area contributed by atoms with Gasteiger partial charge in [-0.3, -0.25) is 9.69 Å². The van der Waals surface area contributed by atoms with Gasteiger partial charge < -0.3 is 9.64 Å². The molecule has 27 heavy (non-hydrogen) atoms. The topological polar surface area (TPSA) is 32.8 Å². The number of fused-ring (bicyclic) bond motifs is 3. The number of rotatable bonds is 2. The molecule has 4 rings (SSSR count). The number of amides is 1. The largest absolute Gasteiger partial charge is 0.487 e. The number of likely N-dealkylation sites (N-methyl/N-ethyl adjacent to an activating group) is 1. The van der Waals surface area contributed by atoms with Crippen molar-refractivity contribution in [2.24, 2.45) is 0 Å². The second-order valence-corrected chi connectivity index (χ2v) is 6.98. The molecule has 4 nitrogen and oxygen atoms in total. The average molecular weight is 376 g/mol. The van der Waals surface area contributed by atoms with Crippen molar-refractivity contribution in [2.45, 2.75) is 31.3 Å². The molecule has 2 aliphatic heterocycles. The first kappa shape index (κ1) is 17.9. The quantitative estimate of drug-likeness (QED) is 0.801. The van der Waals surface area contributed by atoms with Gasteiger partial charge >= 0.3 is 6.18 Å². The summed E-state index contributed by atoms with van der Waals surface area (Å²) in [6.45, 7) is 0.957. The second-order valence-electron chi connectivity index (χ2n) is 6.98. The molecule has 2 aromatic rings. The lowest BCUT2D eigenvalue weighted by molar-refractivity contribution is -0.137. The second kappa shape index (κ2) is 6.56. The molecule has 2 unspecified atom stereocenters. The Morgan fingerprint density at radius 1 is 1.11 bits per heavy atom. The molecule has 1 amide bonds. The van der Waals surface area contributed by atoms with Crippen LogP contribution in [-0.2, 0) is 17.5 Å². The van der Waals surface area contributed by atoms with Gasteiger partial charge in [0.1, 0.15) is 11.9 Å². The van der Waals surface area contributed by atoms with Crippen molar-refractivity contribution in [3.05, 3.63) is 59.7 Å². The van der Waals surface area contributed by atoms with Gasteiger partial charge in [-0.15, -0.1) is 0 Å². The molecule has 7 heteroatoms. The number of para-hydroxylation sites is 2. The zero-order chi connectivity index (χ0) is 19.2. The molecule has 0 aliphatic carbocycles. The number of nitrogens with zero attached hydrogens (tertiary/aromatic N) is 2. The molecule has 0 N–H and O–H groups in total. The molecule has 0 radical (unpaired) electrons. The van der Waals surface area contributed by atoms with Crippen LogP contribution in [0, 0.1) is 0 Å². The fourth-order valence-corrected chi connectivity index (χ4v) is 3.77. The average Bonchev–Trinajstić information content (AvgIpc) is 3.03. The summed E-state index contributed by atoms with van der Waals surface area (Å²) in [5.74, 6) is 0.647. The maximum absolute atomic E-state index is 13.0. The Bertz CT molecular complexity index is 851. The number of halogens is 3. The molecular formula is C20H19F3N2O2. The summed E-state index contributed by atoms with van der Waals surface area (Å²) < 4.78 is 44.3. The van der Waals surface area contributed by atoms with Gasteiger partial charge in [0.05, 0.1) is 17.3 Å². The van der Waals surface area contributed by atoms with Gasteiger partial charge in [-0.25, -0.2) is 0 Å². The molecule has 0 aromatic heterocycles. The normalized spacial score (nSPS) is 22.8. The highest BCUT2D eigenvalue weighted by atomic mass is 19.4. The Morgan fingerprint density at radius 2 is 1.81 bits per heavy atom. The Kier molecular flexibility index (Phi) is 4.34. The number of carbonyl (C=O) groups excluding carboxylic acids is 1. The Labute approximate surface area is 155 Å². The number of hydrogen-bond donors (Lipinski definition) is 0. The highest BCUT2D eigenvalue weighted by Gasteiger charge is 2.41. The van der Waals surface area contributed by atoms with Crippen molar-refractivity contribution in [1.82, 2.24) is 4.90 Å². The summed E-state index contributed by atoms with van der Waals surface area (Å²) in [6.07, 6.45) is -3.90. The number of carbonyl (C=O) groups is 1. The first-order valence-corrected chi connectivity index (χ1v) is 8.76. The van der Waals surface area contributed by atoms with E-state index in [0.717, 1.165) is 23.4 Å². The third-order valence-corrected chi connectivity index (χ3v) is 5.17. The maximum Gasteiger partial charge on any atom is 0.416 e. The fraction of sp³-hybridized carbons (Fsp3) is 0.350. The van der Waals surface area contributed by atoms with E-state index < -0.39 is 11.7 Å². The van der Waals surface area contributed by atoms with Gasteiger partial charge in [-0.1, -0.05) is 24.3 Å². The molecule has 2 heterocycles. The number of alkyl halides is 3. The predicted molar refractivity (Wildman–Crippen MR) is 94.5 cm³/mol. The molecule has 142 valence electrons. The molecule has 2 bridgehead atoms. The van der Waals surface area contributed by atoms with E-state index in [9.17, 15) is 18.0 Å². The van der Waals surface area contributed by atoms with E-state index in [4.69, 9.17) is 4.74 Å². The van der Waals surface area contributed by atoms with Crippen LogP contribution in [0.3, 0.4) is 0 Å². The third-order valence-electron chi connectivity index (χ3n) is 5.17. The summed E-state index contributed by atoms with van der Waals surface area (Å²) in [7, 11) is 1.72. The number of likely N-dealkylation sites (tertiary alicyclic amines) is 1. The van der Waals surface area contributed by atoms with Crippen LogP contribution in [-0.4, -0.2) is 36.5 Å². The lowest BCUT2D eigenvalue weighted by Crippen LogP contribution is -2.44. The van der Waals surface area contributed by atoms with E-state index in [1.165, 1.54) is 12.1 Å². The van der Waals surface area contributed by atoms with Crippen molar-refractivity contribution >= 4 is 11.6 Å². The van der Waals surface area contributed by atoms with Crippen LogP contribution in [0.15, 0.2) is 48.5 Å². The van der Waals surface area contributed by atoms with Crippen LogP contribution < -0.4 is 9.64 Å². The lowest BCUT2D eigenvalue weighted by atomic mass is 10.1. The summed E-state index contributed by atoms with van der Waals surface area (Å²) in [5, 5.41) is 0. The maximum atomic E-state index is 13.0. The summed E-state index contributed by atoms with van der Waals surface area (Å²) in [6, 6.07) is 12.2. The molecule has 1 fully saturated rings. The lowest BCUT2D eigenvalue weighted by Gasteiger charge is -2.29. The number of benzene rings is 2. The molecule has 0 spiro atoms. The van der Waals surface area contributed by atoms with Crippen LogP contribution in [0.4, 0.5) is 18.9 Å². The molecule has 2 atom stereocenters. The minimum absolute atomic E-state index is 0.0276. The SMILES string of the molecule is CN1C(=O)C2CC(CN2Cc2ccc(C(F)(F)F)cc2)Oc2ccccc21. The van der Waals surface area contributed by atoms with Crippen molar-refractivity contribution in [1.29, 1.82) is 0 Å². The van der Waals surface area contributed by atoms with Crippen molar-refractivity contribution < 1.29 is 22.7 Å². The predicted octanol–water partition coefficient (Wildman–Crippen LogP) is 3.70. The molecule has 2 aliphatic rings. The van der Waals surface area contributed by atoms with E-state index in [0.29, 0.717) is 25.3 Å². The van der Waals surface area contributed by atoms with Crippen LogP contribution in [0.5, 0.6) is 5.75 Å². The first-order valence-electron chi connectivity index (χ1n) is 8.76. The number of hydrogen-bond acceptors (Lipinski definition) is 3. The smallest absolute Gasteiger partial charge is 0.416 e. The Hall–Kier alpha value is -2.54. The standard InChI is InChI=1S/C20H19F3N2O2/c1-24-16-4-2-3-5-18(16)27-15-10-17(19(24)26)25(12-15)11-13-6-8-14(9-7-13)20(21,22)23/h2-9,15,17H,10-12H2,1H3. The Morgan fingerprint density at radius 3 is 2.52 bits per heavy atom. The van der Waals surface area contributed by atoms with E-state index >= 15 is 0 Å². The summed E-state index contributed by atoms with van der Waals surface area (Å²) in [4.78, 5) is 16.6. The van der Waals surface area contributed by atoms with Crippen LogP contribution in [0.25, 0.3) is 0 Å². The van der Waals surface area contributed by atoms with Crippen molar-refractivity contribution in [3.63, 3.8) is 0 Å². The molecule has 1 saturated heterocycles. The Balaban J connectivity index is 1.56. The van der Waals surface area contributed by atoms with Crippen LogP contribution >= 0.6 is 0 Å². The van der Waals surface area contributed by atoms with Gasteiger partial charge in [0.15, 0.2) is 0 Å². The third kappa shape index (κ3) is 3.39. The zero-order valence-corrected chi connectivity index (χ0v) is 14.7. The van der Waals surface area contributed by atoms with Gasteiger partial charge in [0, 0.05) is 26.6 Å². The van der Waals surface area contributed by atoms with Gasteiger partial charge in [-0.2, -0.15) is 13.2 Å². The first-order chi connectivity index (χ1) is 12.8. The minimum Gasteiger partial charge on any atom is -0.487 e. The number of anilines is 1. The molecular weight excluding hydrogens is 357 g/mol. The summed E-state index contributed by atoms with van der Waals surface area (Å²) >= 11 is 0. The zero-order valence-electron chi connectivity index (χ0n) is 14.7. The van der Waals surface area contributed by atoms with Crippen molar-refractivity contribution in [2.75, 3.05) is 18.5 Å². The van der Waals surface area contributed by atoms with Crippen LogP contribution in [0.1, 0.15) is 17.5 Å². The fourth-order valence-electron chi connectivity index (χ4n) is 3.77. The van der Waals surface area contributed by atoms with Gasteiger partial charge in [-0.05, 0) is 29.8 Å². The van der Waals surface area contributed by atoms with Gasteiger partial charge in [0.2, 0.25) is 5.91 Å². The minimum atomic E-state index is -4.35. The van der Waals surface area contributed by atoms with E-state index in [-0.39, 0.29) is 18.1 Å².